The Kier molecular flexibility index (Phi) is 3.97. The molecule has 3 N–H and O–H groups in total. The van der Waals surface area contributed by atoms with Crippen LogP contribution in [0.15, 0.2) is 24.3 Å². The topological polar surface area (TPSA) is 53.2 Å². The normalized spacial score (nSPS) is 9.87. The number of hydrogen-bond donors (Lipinski definition) is 3. The van der Waals surface area contributed by atoms with Crippen LogP contribution >= 0.6 is 0 Å². The maximum Gasteiger partial charge on any atom is 0.333 e. The van der Waals surface area contributed by atoms with E-state index in [4.69, 9.17) is 0 Å². The first kappa shape index (κ1) is 11.4. The number of para-hydroxylation sites is 1. The van der Waals surface area contributed by atoms with Crippen molar-refractivity contribution in [1.29, 1.82) is 0 Å². The number of carbonyl (C=O) groups is 1. The second kappa shape index (κ2) is 5.24. The van der Waals surface area contributed by atoms with Gasteiger partial charge in [0.05, 0.1) is 5.69 Å². The van der Waals surface area contributed by atoms with Crippen LogP contribution in [0, 0.1) is 6.92 Å². The maximum atomic E-state index is 11.3. The minimum absolute atomic E-state index is 0.128. The molecule has 4 heteroatoms. The fourth-order valence-electron chi connectivity index (χ4n) is 1.14. The van der Waals surface area contributed by atoms with Gasteiger partial charge >= 0.3 is 6.03 Å². The molecule has 1 rings (SSSR count). The number of hydrogen-bond acceptors (Lipinski definition) is 2. The van der Waals surface area contributed by atoms with E-state index in [2.05, 4.69) is 16.2 Å². The van der Waals surface area contributed by atoms with E-state index < -0.39 is 0 Å². The van der Waals surface area contributed by atoms with Crippen LogP contribution in [-0.4, -0.2) is 12.1 Å². The van der Waals surface area contributed by atoms with E-state index in [1.807, 2.05) is 45.0 Å². The van der Waals surface area contributed by atoms with E-state index in [9.17, 15) is 4.79 Å². The van der Waals surface area contributed by atoms with Crippen molar-refractivity contribution in [2.24, 2.45) is 0 Å². The van der Waals surface area contributed by atoms with Crippen molar-refractivity contribution in [2.45, 2.75) is 26.8 Å². The van der Waals surface area contributed by atoms with Crippen molar-refractivity contribution in [3.05, 3.63) is 29.8 Å². The lowest BCUT2D eigenvalue weighted by Crippen LogP contribution is -2.42. The zero-order valence-electron chi connectivity index (χ0n) is 9.29. The first-order valence-corrected chi connectivity index (χ1v) is 4.97. The quantitative estimate of drug-likeness (QED) is 0.664. The third-order valence-corrected chi connectivity index (χ3v) is 1.88. The third-order valence-electron chi connectivity index (χ3n) is 1.88. The summed E-state index contributed by atoms with van der Waals surface area (Å²) in [6, 6.07) is 7.65. The van der Waals surface area contributed by atoms with E-state index in [1.165, 1.54) is 0 Å². The molecule has 0 aliphatic rings. The van der Waals surface area contributed by atoms with Gasteiger partial charge in [0.15, 0.2) is 0 Å². The summed E-state index contributed by atoms with van der Waals surface area (Å²) in [4.78, 5) is 11.3. The third kappa shape index (κ3) is 3.89. The van der Waals surface area contributed by atoms with E-state index in [-0.39, 0.29) is 12.1 Å². The summed E-state index contributed by atoms with van der Waals surface area (Å²) in [6.45, 7) is 5.80. The minimum atomic E-state index is -0.228. The SMILES string of the molecule is Cc1ccccc1NNC(=O)NC(C)C. The minimum Gasteiger partial charge on any atom is -0.335 e. The van der Waals surface area contributed by atoms with Crippen molar-refractivity contribution >= 4 is 11.7 Å². The summed E-state index contributed by atoms with van der Waals surface area (Å²) in [7, 11) is 0. The molecule has 0 unspecified atom stereocenters. The first-order valence-electron chi connectivity index (χ1n) is 4.97. The van der Waals surface area contributed by atoms with Gasteiger partial charge in [-0.25, -0.2) is 4.79 Å². The van der Waals surface area contributed by atoms with Crippen LogP contribution in [0.2, 0.25) is 0 Å². The molecule has 4 nitrogen and oxygen atoms in total. The smallest absolute Gasteiger partial charge is 0.333 e. The predicted octanol–water partition coefficient (Wildman–Crippen LogP) is 2.03. The van der Waals surface area contributed by atoms with Gasteiger partial charge in [0, 0.05) is 6.04 Å². The maximum absolute atomic E-state index is 11.3. The molecule has 0 aliphatic heterocycles. The molecule has 0 aliphatic carbocycles. The van der Waals surface area contributed by atoms with Crippen molar-refractivity contribution < 1.29 is 4.79 Å². The average molecular weight is 207 g/mol. The van der Waals surface area contributed by atoms with Crippen molar-refractivity contribution in [2.75, 3.05) is 5.43 Å². The molecule has 0 radical (unpaired) electrons. The molecule has 0 fully saturated rings. The van der Waals surface area contributed by atoms with Gasteiger partial charge in [-0.2, -0.15) is 0 Å². The summed E-state index contributed by atoms with van der Waals surface area (Å²) < 4.78 is 0. The molecule has 0 saturated heterocycles. The second-order valence-electron chi connectivity index (χ2n) is 3.69. The molecule has 0 atom stereocenters. The number of hydrazine groups is 1. The standard InChI is InChI=1S/C11H17N3O/c1-8(2)12-11(15)14-13-10-7-5-4-6-9(10)3/h4-8,13H,1-3H3,(H2,12,14,15). The number of urea groups is 1. The highest BCUT2D eigenvalue weighted by Gasteiger charge is 2.01. The highest BCUT2D eigenvalue weighted by atomic mass is 16.2. The van der Waals surface area contributed by atoms with E-state index in [1.54, 1.807) is 0 Å². The fraction of sp³-hybridized carbons (Fsp3) is 0.364. The number of aryl methyl sites for hydroxylation is 1. The van der Waals surface area contributed by atoms with Gasteiger partial charge in [-0.15, -0.1) is 0 Å². The Morgan fingerprint density at radius 3 is 2.53 bits per heavy atom. The monoisotopic (exact) mass is 207 g/mol. The Bertz CT molecular complexity index is 336. The van der Waals surface area contributed by atoms with Gasteiger partial charge in [-0.05, 0) is 32.4 Å². The average Bonchev–Trinajstić information content (AvgIpc) is 2.15. The molecule has 0 bridgehead atoms. The van der Waals surface area contributed by atoms with Gasteiger partial charge in [0.25, 0.3) is 0 Å². The Morgan fingerprint density at radius 2 is 1.93 bits per heavy atom. The highest BCUT2D eigenvalue weighted by molar-refractivity contribution is 5.75. The Hall–Kier alpha value is -1.71. The molecule has 1 aromatic rings. The summed E-state index contributed by atoms with van der Waals surface area (Å²) in [5, 5.41) is 2.72. The lowest BCUT2D eigenvalue weighted by Gasteiger charge is -2.13. The Morgan fingerprint density at radius 1 is 1.27 bits per heavy atom. The summed E-state index contributed by atoms with van der Waals surface area (Å²) in [5.41, 5.74) is 7.41. The lowest BCUT2D eigenvalue weighted by molar-refractivity contribution is 0.240. The summed E-state index contributed by atoms with van der Waals surface area (Å²) in [5.74, 6) is 0. The molecule has 0 aromatic heterocycles. The van der Waals surface area contributed by atoms with E-state index in [0.717, 1.165) is 11.3 Å². The van der Waals surface area contributed by atoms with Crippen LogP contribution < -0.4 is 16.2 Å². The van der Waals surface area contributed by atoms with Crippen molar-refractivity contribution in [3.8, 4) is 0 Å². The van der Waals surface area contributed by atoms with Crippen LogP contribution in [0.4, 0.5) is 10.5 Å². The molecule has 82 valence electrons. The van der Waals surface area contributed by atoms with Crippen molar-refractivity contribution in [3.63, 3.8) is 0 Å². The van der Waals surface area contributed by atoms with Crippen LogP contribution in [-0.2, 0) is 0 Å². The highest BCUT2D eigenvalue weighted by Crippen LogP contribution is 2.11. The summed E-state index contributed by atoms with van der Waals surface area (Å²) >= 11 is 0. The Labute approximate surface area is 90.0 Å². The van der Waals surface area contributed by atoms with Gasteiger partial charge in [0.1, 0.15) is 0 Å². The lowest BCUT2D eigenvalue weighted by atomic mass is 10.2. The molecular weight excluding hydrogens is 190 g/mol. The van der Waals surface area contributed by atoms with Gasteiger partial charge < -0.3 is 5.32 Å². The van der Waals surface area contributed by atoms with Crippen molar-refractivity contribution in [1.82, 2.24) is 10.7 Å². The van der Waals surface area contributed by atoms with Gasteiger partial charge in [-0.1, -0.05) is 18.2 Å². The summed E-state index contributed by atoms with van der Waals surface area (Å²) in [6.07, 6.45) is 0. The largest absolute Gasteiger partial charge is 0.335 e. The van der Waals surface area contributed by atoms with Gasteiger partial charge in [0.2, 0.25) is 0 Å². The van der Waals surface area contributed by atoms with E-state index >= 15 is 0 Å². The van der Waals surface area contributed by atoms with E-state index in [0.29, 0.717) is 0 Å². The Balaban J connectivity index is 2.44. The molecule has 0 saturated carbocycles. The zero-order valence-corrected chi connectivity index (χ0v) is 9.29. The zero-order chi connectivity index (χ0) is 11.3. The molecular formula is C11H17N3O. The van der Waals surface area contributed by atoms with Crippen LogP contribution in [0.25, 0.3) is 0 Å². The number of nitrogens with one attached hydrogen (secondary N) is 3. The van der Waals surface area contributed by atoms with Gasteiger partial charge in [-0.3, -0.25) is 10.9 Å². The number of carbonyl (C=O) groups excluding carboxylic acids is 1. The van der Waals surface area contributed by atoms with Crippen LogP contribution in [0.3, 0.4) is 0 Å². The van der Waals surface area contributed by atoms with Crippen LogP contribution in [0.1, 0.15) is 19.4 Å². The molecule has 1 aromatic carbocycles. The number of benzene rings is 1. The number of anilines is 1. The number of amides is 2. The number of rotatable bonds is 3. The fourth-order valence-corrected chi connectivity index (χ4v) is 1.14. The molecule has 15 heavy (non-hydrogen) atoms. The van der Waals surface area contributed by atoms with Crippen LogP contribution in [0.5, 0.6) is 0 Å². The molecule has 0 heterocycles. The second-order valence-corrected chi connectivity index (χ2v) is 3.69. The predicted molar refractivity (Wildman–Crippen MR) is 61.6 cm³/mol. The first-order chi connectivity index (χ1) is 7.09. The molecule has 2 amide bonds. The molecule has 0 spiro atoms.